The van der Waals surface area contributed by atoms with Crippen molar-refractivity contribution >= 4 is 0 Å². The van der Waals surface area contributed by atoms with Crippen molar-refractivity contribution in [1.29, 1.82) is 0 Å². The van der Waals surface area contributed by atoms with Gasteiger partial charge in [-0.05, 0) is 36.5 Å². The summed E-state index contributed by atoms with van der Waals surface area (Å²) in [4.78, 5) is 0. The number of hydrogen-bond donors (Lipinski definition) is 2. The number of rotatable bonds is 5. The molecule has 1 fully saturated rings. The molecule has 1 unspecified atom stereocenters. The van der Waals surface area contributed by atoms with Gasteiger partial charge >= 0.3 is 0 Å². The zero-order valence-electron chi connectivity index (χ0n) is 11.0. The summed E-state index contributed by atoms with van der Waals surface area (Å²) in [5.41, 5.74) is 5.81. The second-order valence-corrected chi connectivity index (χ2v) is 5.43. The molecule has 3 nitrogen and oxygen atoms in total. The van der Waals surface area contributed by atoms with Gasteiger partial charge in [-0.1, -0.05) is 36.8 Å². The molecule has 3 N–H and O–H groups in total. The van der Waals surface area contributed by atoms with Crippen LogP contribution in [0.4, 0.5) is 0 Å². The van der Waals surface area contributed by atoms with E-state index in [1.807, 2.05) is 12.3 Å². The number of furan rings is 1. The van der Waals surface area contributed by atoms with E-state index in [4.69, 9.17) is 10.3 Å². The van der Waals surface area contributed by atoms with E-state index in [0.29, 0.717) is 0 Å². The van der Waals surface area contributed by atoms with Gasteiger partial charge < -0.3 is 4.42 Å². The lowest BCUT2D eigenvalue weighted by Gasteiger charge is -2.48. The Morgan fingerprint density at radius 2 is 2.00 bits per heavy atom. The van der Waals surface area contributed by atoms with Crippen molar-refractivity contribution in [3.05, 3.63) is 60.1 Å². The second-order valence-electron chi connectivity index (χ2n) is 5.43. The van der Waals surface area contributed by atoms with Gasteiger partial charge in [0.1, 0.15) is 0 Å². The van der Waals surface area contributed by atoms with Crippen molar-refractivity contribution in [3.63, 3.8) is 0 Å². The minimum Gasteiger partial charge on any atom is -0.472 e. The maximum atomic E-state index is 5.84. The van der Waals surface area contributed by atoms with Crippen molar-refractivity contribution in [1.82, 2.24) is 5.43 Å². The Morgan fingerprint density at radius 3 is 2.53 bits per heavy atom. The van der Waals surface area contributed by atoms with Gasteiger partial charge in [-0.3, -0.25) is 11.3 Å². The highest BCUT2D eigenvalue weighted by Gasteiger charge is 2.44. The molecule has 0 radical (unpaired) electrons. The molecular formula is C16H20N2O. The highest BCUT2D eigenvalue weighted by atomic mass is 16.3. The molecule has 100 valence electrons. The molecule has 1 aliphatic rings. The Bertz CT molecular complexity index is 503. The summed E-state index contributed by atoms with van der Waals surface area (Å²) in [5.74, 6) is 5.84. The van der Waals surface area contributed by atoms with Crippen molar-refractivity contribution in [3.8, 4) is 0 Å². The fourth-order valence-corrected chi connectivity index (χ4v) is 3.22. The van der Waals surface area contributed by atoms with Crippen molar-refractivity contribution in [2.24, 2.45) is 5.84 Å². The van der Waals surface area contributed by atoms with Gasteiger partial charge in [-0.25, -0.2) is 0 Å². The van der Waals surface area contributed by atoms with Gasteiger partial charge in [-0.15, -0.1) is 0 Å². The minimum absolute atomic E-state index is 0.174. The molecule has 0 amide bonds. The van der Waals surface area contributed by atoms with E-state index in [1.165, 1.54) is 30.4 Å². The SMILES string of the molecule is NNC(Cc1ccoc1)C1(c2ccccc2)CCC1. The average molecular weight is 256 g/mol. The molecule has 1 saturated carbocycles. The molecule has 0 spiro atoms. The Labute approximate surface area is 113 Å². The van der Waals surface area contributed by atoms with Gasteiger partial charge in [-0.2, -0.15) is 0 Å². The van der Waals surface area contributed by atoms with E-state index in [-0.39, 0.29) is 11.5 Å². The first-order valence-electron chi connectivity index (χ1n) is 6.88. The number of nitrogens with two attached hydrogens (primary N) is 1. The predicted octanol–water partition coefficient (Wildman–Crippen LogP) is 2.78. The van der Waals surface area contributed by atoms with E-state index >= 15 is 0 Å². The zero-order chi connectivity index (χ0) is 13.1. The standard InChI is InChI=1S/C16H20N2O/c17-18-15(11-13-7-10-19-12-13)16(8-4-9-16)14-5-2-1-3-6-14/h1-3,5-7,10,12,15,18H,4,8-9,11,17H2. The maximum absolute atomic E-state index is 5.84. The summed E-state index contributed by atoms with van der Waals surface area (Å²) in [6, 6.07) is 13.0. The normalized spacial score (nSPS) is 18.8. The summed E-state index contributed by atoms with van der Waals surface area (Å²) < 4.78 is 5.16. The molecule has 1 heterocycles. The quantitative estimate of drug-likeness (QED) is 0.639. The number of hydrazine groups is 1. The lowest BCUT2D eigenvalue weighted by Crippen LogP contribution is -2.56. The van der Waals surface area contributed by atoms with Gasteiger partial charge in [0.25, 0.3) is 0 Å². The van der Waals surface area contributed by atoms with E-state index in [9.17, 15) is 0 Å². The first kappa shape index (κ1) is 12.5. The molecule has 1 aromatic heterocycles. The smallest absolute Gasteiger partial charge is 0.0935 e. The molecule has 3 rings (SSSR count). The zero-order valence-corrected chi connectivity index (χ0v) is 11.0. The largest absolute Gasteiger partial charge is 0.472 e. The summed E-state index contributed by atoms with van der Waals surface area (Å²) in [5, 5.41) is 0. The minimum atomic E-state index is 0.174. The molecule has 0 aliphatic heterocycles. The second kappa shape index (κ2) is 5.19. The Morgan fingerprint density at radius 1 is 1.21 bits per heavy atom. The first-order chi connectivity index (χ1) is 9.35. The fraction of sp³-hybridized carbons (Fsp3) is 0.375. The van der Waals surface area contributed by atoms with Gasteiger partial charge in [0.05, 0.1) is 12.5 Å². The molecule has 1 atom stereocenters. The first-order valence-corrected chi connectivity index (χ1v) is 6.88. The third kappa shape index (κ3) is 2.20. The molecule has 19 heavy (non-hydrogen) atoms. The Kier molecular flexibility index (Phi) is 3.40. The van der Waals surface area contributed by atoms with Crippen LogP contribution in [0.2, 0.25) is 0 Å². The molecule has 3 heteroatoms. The van der Waals surface area contributed by atoms with Gasteiger partial charge in [0.2, 0.25) is 0 Å². The summed E-state index contributed by atoms with van der Waals surface area (Å²) >= 11 is 0. The fourth-order valence-electron chi connectivity index (χ4n) is 3.22. The predicted molar refractivity (Wildman–Crippen MR) is 75.5 cm³/mol. The van der Waals surface area contributed by atoms with Crippen LogP contribution in [0.1, 0.15) is 30.4 Å². The van der Waals surface area contributed by atoms with Crippen LogP contribution < -0.4 is 11.3 Å². The third-order valence-corrected chi connectivity index (χ3v) is 4.48. The van der Waals surface area contributed by atoms with Gasteiger partial charge in [0, 0.05) is 11.5 Å². The van der Waals surface area contributed by atoms with Crippen LogP contribution in [0.5, 0.6) is 0 Å². The lowest BCUT2D eigenvalue weighted by molar-refractivity contribution is 0.168. The lowest BCUT2D eigenvalue weighted by atomic mass is 9.59. The van der Waals surface area contributed by atoms with Crippen LogP contribution in [0.25, 0.3) is 0 Å². The average Bonchev–Trinajstić information content (AvgIpc) is 2.90. The van der Waals surface area contributed by atoms with E-state index < -0.39 is 0 Å². The number of benzene rings is 1. The molecule has 0 saturated heterocycles. The van der Waals surface area contributed by atoms with E-state index in [0.717, 1.165) is 6.42 Å². The molecule has 2 aromatic rings. The monoisotopic (exact) mass is 256 g/mol. The molecule has 1 aromatic carbocycles. The van der Waals surface area contributed by atoms with Crippen LogP contribution in [0.3, 0.4) is 0 Å². The van der Waals surface area contributed by atoms with Crippen LogP contribution in [-0.2, 0) is 11.8 Å². The molecule has 1 aliphatic carbocycles. The molecule has 0 bridgehead atoms. The maximum Gasteiger partial charge on any atom is 0.0935 e. The van der Waals surface area contributed by atoms with Crippen molar-refractivity contribution in [2.45, 2.75) is 37.1 Å². The highest BCUT2D eigenvalue weighted by Crippen LogP contribution is 2.47. The van der Waals surface area contributed by atoms with E-state index in [2.05, 4.69) is 35.8 Å². The topological polar surface area (TPSA) is 51.2 Å². The Hall–Kier alpha value is -1.58. The van der Waals surface area contributed by atoms with Crippen LogP contribution >= 0.6 is 0 Å². The van der Waals surface area contributed by atoms with Crippen LogP contribution in [-0.4, -0.2) is 6.04 Å². The summed E-state index contributed by atoms with van der Waals surface area (Å²) in [7, 11) is 0. The summed E-state index contributed by atoms with van der Waals surface area (Å²) in [6.07, 6.45) is 8.11. The number of hydrogen-bond acceptors (Lipinski definition) is 3. The van der Waals surface area contributed by atoms with Crippen molar-refractivity contribution in [2.75, 3.05) is 0 Å². The molecular weight excluding hydrogens is 236 g/mol. The van der Waals surface area contributed by atoms with Gasteiger partial charge in [0.15, 0.2) is 0 Å². The highest BCUT2D eigenvalue weighted by molar-refractivity contribution is 5.31. The van der Waals surface area contributed by atoms with Crippen molar-refractivity contribution < 1.29 is 4.42 Å². The van der Waals surface area contributed by atoms with E-state index in [1.54, 1.807) is 6.26 Å². The third-order valence-electron chi connectivity index (χ3n) is 4.48. The summed E-state index contributed by atoms with van der Waals surface area (Å²) in [6.45, 7) is 0. The number of nitrogens with one attached hydrogen (secondary N) is 1. The van der Waals surface area contributed by atoms with Crippen LogP contribution in [0, 0.1) is 0 Å². The van der Waals surface area contributed by atoms with Crippen LogP contribution in [0.15, 0.2) is 53.3 Å². The Balaban J connectivity index is 1.87.